The lowest BCUT2D eigenvalue weighted by Gasteiger charge is -2.35. The number of nitrogens with two attached hydrogens (primary N) is 1. The minimum absolute atomic E-state index is 0.0864. The third-order valence-electron chi connectivity index (χ3n) is 5.48. The molecule has 1 heterocycles. The highest BCUT2D eigenvalue weighted by Gasteiger charge is 2.25. The molecule has 1 saturated carbocycles. The van der Waals surface area contributed by atoms with Crippen molar-refractivity contribution < 1.29 is 9.53 Å². The van der Waals surface area contributed by atoms with Crippen molar-refractivity contribution in [3.05, 3.63) is 35.4 Å². The standard InChI is InChI=1S/C21H33N3O2/c1-15-12-24(13-16(2)26-15)14-18-8-6-17(7-9-18)11-23-21(25)19-4-3-5-20(22)10-19/h6-9,15-16,19-20H,3-5,10-14,22H2,1-2H3,(H,23,25). The van der Waals surface area contributed by atoms with E-state index in [0.717, 1.165) is 50.9 Å². The van der Waals surface area contributed by atoms with E-state index in [1.165, 1.54) is 5.56 Å². The Morgan fingerprint density at radius 3 is 2.46 bits per heavy atom. The van der Waals surface area contributed by atoms with Gasteiger partial charge in [0.2, 0.25) is 5.91 Å². The number of benzene rings is 1. The lowest BCUT2D eigenvalue weighted by atomic mass is 9.85. The summed E-state index contributed by atoms with van der Waals surface area (Å²) in [6, 6.07) is 8.76. The zero-order valence-corrected chi connectivity index (χ0v) is 16.1. The van der Waals surface area contributed by atoms with Crippen molar-refractivity contribution in [3.8, 4) is 0 Å². The fourth-order valence-corrected chi connectivity index (χ4v) is 4.23. The first-order chi connectivity index (χ1) is 12.5. The summed E-state index contributed by atoms with van der Waals surface area (Å²) in [5.74, 6) is 0.240. The fourth-order valence-electron chi connectivity index (χ4n) is 4.23. The Morgan fingerprint density at radius 2 is 1.81 bits per heavy atom. The van der Waals surface area contributed by atoms with E-state index >= 15 is 0 Å². The highest BCUT2D eigenvalue weighted by molar-refractivity contribution is 5.78. The number of nitrogens with one attached hydrogen (secondary N) is 1. The molecule has 3 rings (SSSR count). The molecule has 144 valence electrons. The second-order valence-corrected chi connectivity index (χ2v) is 8.11. The molecule has 1 aromatic carbocycles. The Balaban J connectivity index is 1.46. The van der Waals surface area contributed by atoms with E-state index in [9.17, 15) is 4.79 Å². The van der Waals surface area contributed by atoms with Crippen LogP contribution in [0.25, 0.3) is 0 Å². The summed E-state index contributed by atoms with van der Waals surface area (Å²) in [4.78, 5) is 14.8. The summed E-state index contributed by atoms with van der Waals surface area (Å²) in [5, 5.41) is 3.08. The van der Waals surface area contributed by atoms with E-state index in [-0.39, 0.29) is 17.9 Å². The van der Waals surface area contributed by atoms with Crippen molar-refractivity contribution >= 4 is 5.91 Å². The van der Waals surface area contributed by atoms with Gasteiger partial charge in [-0.15, -0.1) is 0 Å². The number of hydrogen-bond acceptors (Lipinski definition) is 4. The number of hydrogen-bond donors (Lipinski definition) is 2. The number of amides is 1. The van der Waals surface area contributed by atoms with Gasteiger partial charge in [-0.05, 0) is 44.2 Å². The maximum atomic E-state index is 12.3. The molecule has 2 fully saturated rings. The molecule has 0 aromatic heterocycles. The predicted octanol–water partition coefficient (Wildman–Crippen LogP) is 2.43. The van der Waals surface area contributed by atoms with Crippen LogP contribution in [-0.4, -0.2) is 42.1 Å². The second kappa shape index (κ2) is 8.98. The van der Waals surface area contributed by atoms with Crippen molar-refractivity contribution in [3.63, 3.8) is 0 Å². The second-order valence-electron chi connectivity index (χ2n) is 8.11. The van der Waals surface area contributed by atoms with Gasteiger partial charge in [0.1, 0.15) is 0 Å². The lowest BCUT2D eigenvalue weighted by Crippen LogP contribution is -2.44. The Hall–Kier alpha value is -1.43. The average molecular weight is 360 g/mol. The van der Waals surface area contributed by atoms with Crippen molar-refractivity contribution in [2.75, 3.05) is 13.1 Å². The van der Waals surface area contributed by atoms with Gasteiger partial charge >= 0.3 is 0 Å². The molecule has 1 amide bonds. The Morgan fingerprint density at radius 1 is 1.15 bits per heavy atom. The minimum atomic E-state index is 0.0864. The quantitative estimate of drug-likeness (QED) is 0.847. The van der Waals surface area contributed by atoms with Crippen LogP contribution >= 0.6 is 0 Å². The van der Waals surface area contributed by atoms with E-state index in [1.807, 2.05) is 0 Å². The summed E-state index contributed by atoms with van der Waals surface area (Å²) >= 11 is 0. The highest BCUT2D eigenvalue weighted by atomic mass is 16.5. The van der Waals surface area contributed by atoms with Crippen LogP contribution in [0.2, 0.25) is 0 Å². The number of ether oxygens (including phenoxy) is 1. The van der Waals surface area contributed by atoms with Crippen LogP contribution in [0.3, 0.4) is 0 Å². The normalized spacial score (nSPS) is 30.1. The van der Waals surface area contributed by atoms with E-state index < -0.39 is 0 Å². The molecule has 1 aliphatic carbocycles. The van der Waals surface area contributed by atoms with E-state index in [0.29, 0.717) is 18.8 Å². The molecule has 0 spiro atoms. The molecular formula is C21H33N3O2. The molecule has 5 heteroatoms. The summed E-state index contributed by atoms with van der Waals surface area (Å²) < 4.78 is 5.79. The van der Waals surface area contributed by atoms with Crippen LogP contribution in [0.15, 0.2) is 24.3 Å². The topological polar surface area (TPSA) is 67.6 Å². The molecule has 26 heavy (non-hydrogen) atoms. The summed E-state index contributed by atoms with van der Waals surface area (Å²) in [6.45, 7) is 7.76. The van der Waals surface area contributed by atoms with Crippen LogP contribution in [0.5, 0.6) is 0 Å². The zero-order valence-electron chi connectivity index (χ0n) is 16.1. The number of nitrogens with zero attached hydrogens (tertiary/aromatic N) is 1. The molecular weight excluding hydrogens is 326 g/mol. The number of rotatable bonds is 5. The van der Waals surface area contributed by atoms with Crippen molar-refractivity contribution in [1.29, 1.82) is 0 Å². The molecule has 2 aliphatic rings. The minimum Gasteiger partial charge on any atom is -0.373 e. The third kappa shape index (κ3) is 5.53. The first-order valence-electron chi connectivity index (χ1n) is 9.98. The van der Waals surface area contributed by atoms with Gasteiger partial charge in [-0.3, -0.25) is 9.69 Å². The summed E-state index contributed by atoms with van der Waals surface area (Å²) in [5.41, 5.74) is 8.44. The molecule has 1 aromatic rings. The predicted molar refractivity (Wildman–Crippen MR) is 104 cm³/mol. The van der Waals surface area contributed by atoms with E-state index in [4.69, 9.17) is 10.5 Å². The van der Waals surface area contributed by atoms with Crippen LogP contribution in [0.4, 0.5) is 0 Å². The molecule has 5 nitrogen and oxygen atoms in total. The lowest BCUT2D eigenvalue weighted by molar-refractivity contribution is -0.126. The summed E-state index contributed by atoms with van der Waals surface area (Å²) in [6.07, 6.45) is 4.48. The molecule has 0 radical (unpaired) electrons. The van der Waals surface area contributed by atoms with Gasteiger partial charge in [0.15, 0.2) is 0 Å². The van der Waals surface area contributed by atoms with Gasteiger partial charge in [0.05, 0.1) is 12.2 Å². The average Bonchev–Trinajstić information content (AvgIpc) is 2.60. The molecule has 4 unspecified atom stereocenters. The first kappa shape index (κ1) is 19.3. The number of morpholine rings is 1. The number of carbonyl (C=O) groups excluding carboxylic acids is 1. The van der Waals surface area contributed by atoms with Gasteiger partial charge in [0.25, 0.3) is 0 Å². The SMILES string of the molecule is CC1CN(Cc2ccc(CNC(=O)C3CCCC(N)C3)cc2)CC(C)O1. The first-order valence-corrected chi connectivity index (χ1v) is 9.98. The molecule has 3 N–H and O–H groups in total. The zero-order chi connectivity index (χ0) is 18.5. The maximum absolute atomic E-state index is 12.3. The molecule has 1 aliphatic heterocycles. The van der Waals surface area contributed by atoms with E-state index in [2.05, 4.69) is 48.3 Å². The molecule has 0 bridgehead atoms. The molecule has 1 saturated heterocycles. The van der Waals surface area contributed by atoms with Gasteiger partial charge in [0, 0.05) is 38.1 Å². The van der Waals surface area contributed by atoms with Crippen molar-refractivity contribution in [1.82, 2.24) is 10.2 Å². The maximum Gasteiger partial charge on any atom is 0.223 e. The Bertz CT molecular complexity index is 579. The van der Waals surface area contributed by atoms with Gasteiger partial charge < -0.3 is 15.8 Å². The fraction of sp³-hybridized carbons (Fsp3) is 0.667. The Labute approximate surface area is 157 Å². The van der Waals surface area contributed by atoms with Crippen molar-refractivity contribution in [2.24, 2.45) is 11.7 Å². The highest BCUT2D eigenvalue weighted by Crippen LogP contribution is 2.23. The van der Waals surface area contributed by atoms with Gasteiger partial charge in [-0.25, -0.2) is 0 Å². The monoisotopic (exact) mass is 359 g/mol. The van der Waals surface area contributed by atoms with Gasteiger partial charge in [-0.1, -0.05) is 30.7 Å². The van der Waals surface area contributed by atoms with Crippen LogP contribution in [0, 0.1) is 5.92 Å². The number of carbonyl (C=O) groups is 1. The van der Waals surface area contributed by atoms with Gasteiger partial charge in [-0.2, -0.15) is 0 Å². The largest absolute Gasteiger partial charge is 0.373 e. The van der Waals surface area contributed by atoms with Crippen LogP contribution < -0.4 is 11.1 Å². The Kier molecular flexibility index (Phi) is 6.68. The van der Waals surface area contributed by atoms with Crippen LogP contribution in [0.1, 0.15) is 50.7 Å². The summed E-state index contributed by atoms with van der Waals surface area (Å²) in [7, 11) is 0. The smallest absolute Gasteiger partial charge is 0.223 e. The van der Waals surface area contributed by atoms with Crippen LogP contribution in [-0.2, 0) is 22.6 Å². The third-order valence-corrected chi connectivity index (χ3v) is 5.48. The van der Waals surface area contributed by atoms with E-state index in [1.54, 1.807) is 0 Å². The molecule has 4 atom stereocenters. The van der Waals surface area contributed by atoms with Crippen molar-refractivity contribution in [2.45, 2.75) is 70.9 Å².